The molecule has 0 N–H and O–H groups in total. The van der Waals surface area contributed by atoms with Crippen LogP contribution < -0.4 is 9.47 Å². The smallest absolute Gasteiger partial charge is 0.126 e. The molecule has 0 fully saturated rings. The number of aryl methyl sites for hydroxylation is 2. The molecule has 2 aromatic carbocycles. The summed E-state index contributed by atoms with van der Waals surface area (Å²) in [6, 6.07) is 16.7. The summed E-state index contributed by atoms with van der Waals surface area (Å²) < 4.78 is 15.5. The van der Waals surface area contributed by atoms with E-state index in [1.54, 1.807) is 25.6 Å². The summed E-state index contributed by atoms with van der Waals surface area (Å²) in [6.45, 7) is 3.66. The number of thiazole rings is 1. The van der Waals surface area contributed by atoms with Crippen LogP contribution in [-0.4, -0.2) is 28.3 Å². The molecule has 0 amide bonds. The lowest BCUT2D eigenvalue weighted by Crippen LogP contribution is -2.00. The van der Waals surface area contributed by atoms with Gasteiger partial charge in [0.1, 0.15) is 16.5 Å². The van der Waals surface area contributed by atoms with Gasteiger partial charge in [-0.15, -0.1) is 11.3 Å². The van der Waals surface area contributed by atoms with Crippen molar-refractivity contribution in [1.29, 1.82) is 10.5 Å². The highest BCUT2D eigenvalue weighted by Crippen LogP contribution is 2.41. The van der Waals surface area contributed by atoms with Gasteiger partial charge in [-0.25, -0.2) is 4.98 Å². The number of nitrogens with zero attached hydrogens (tertiary/aromatic N) is 5. The second-order valence-corrected chi connectivity index (χ2v) is 10.0. The maximum absolute atomic E-state index is 9.05. The summed E-state index contributed by atoms with van der Waals surface area (Å²) >= 11 is 1.63. The summed E-state index contributed by atoms with van der Waals surface area (Å²) in [5, 5.41) is 23.3. The molecule has 0 saturated carbocycles. The van der Waals surface area contributed by atoms with E-state index in [-0.39, 0.29) is 0 Å². The number of hydrogen-bond donors (Lipinski definition) is 0. The number of rotatable bonds is 10. The minimum atomic E-state index is 0.515. The number of benzene rings is 2. The molecule has 0 aliphatic rings. The Hall–Kier alpha value is -4.27. The number of aromatic nitrogens is 3. The van der Waals surface area contributed by atoms with E-state index in [2.05, 4.69) is 58.0 Å². The fraction of sp³-hybridized carbons (Fsp3) is 0.300. The van der Waals surface area contributed by atoms with Gasteiger partial charge < -0.3 is 18.6 Å². The van der Waals surface area contributed by atoms with E-state index in [4.69, 9.17) is 25.0 Å². The molecule has 0 aliphatic carbocycles. The van der Waals surface area contributed by atoms with Crippen molar-refractivity contribution in [3.05, 3.63) is 53.7 Å². The van der Waals surface area contributed by atoms with Gasteiger partial charge in [0, 0.05) is 76.7 Å². The summed E-state index contributed by atoms with van der Waals surface area (Å²) in [6.07, 6.45) is 4.76. The van der Waals surface area contributed by atoms with Crippen LogP contribution in [0.15, 0.2) is 48.0 Å². The van der Waals surface area contributed by atoms with Gasteiger partial charge in [-0.2, -0.15) is 10.5 Å². The Kier molecular flexibility index (Phi) is 7.35. The SMILES string of the molecule is COc1ccc2c(c1)c(-c1csc(-c3cn(CCCC#N)c4cc(OC)ccc34)n1)c(C)n2CCCC#N. The maximum atomic E-state index is 9.05. The number of nitriles is 2. The summed E-state index contributed by atoms with van der Waals surface area (Å²) in [4.78, 5) is 5.14. The Morgan fingerprint density at radius 3 is 2.34 bits per heavy atom. The quantitative estimate of drug-likeness (QED) is 0.179. The zero-order valence-corrected chi connectivity index (χ0v) is 22.6. The molecule has 38 heavy (non-hydrogen) atoms. The molecule has 0 unspecified atom stereocenters. The molecule has 0 radical (unpaired) electrons. The predicted molar refractivity (Wildman–Crippen MR) is 152 cm³/mol. The van der Waals surface area contributed by atoms with Gasteiger partial charge >= 0.3 is 0 Å². The first-order valence-electron chi connectivity index (χ1n) is 12.6. The predicted octanol–water partition coefficient (Wildman–Crippen LogP) is 7.32. The van der Waals surface area contributed by atoms with Gasteiger partial charge in [0.15, 0.2) is 0 Å². The van der Waals surface area contributed by atoms with Crippen LogP contribution in [0.1, 0.15) is 31.4 Å². The van der Waals surface area contributed by atoms with Gasteiger partial charge in [-0.05, 0) is 50.1 Å². The number of fused-ring (bicyclic) bond motifs is 2. The van der Waals surface area contributed by atoms with Crippen molar-refractivity contribution >= 4 is 33.1 Å². The normalized spacial score (nSPS) is 11.1. The molecule has 8 heteroatoms. The van der Waals surface area contributed by atoms with Gasteiger partial charge in [0.25, 0.3) is 0 Å². The van der Waals surface area contributed by atoms with Crippen molar-refractivity contribution in [2.45, 2.75) is 45.7 Å². The molecule has 0 bridgehead atoms. The average molecular weight is 524 g/mol. The lowest BCUT2D eigenvalue weighted by atomic mass is 10.1. The van der Waals surface area contributed by atoms with Crippen molar-refractivity contribution < 1.29 is 9.47 Å². The summed E-state index contributed by atoms with van der Waals surface area (Å²) in [5.41, 5.74) is 6.42. The minimum absolute atomic E-state index is 0.515. The molecular weight excluding hydrogens is 494 g/mol. The lowest BCUT2D eigenvalue weighted by Gasteiger charge is -2.07. The van der Waals surface area contributed by atoms with E-state index in [9.17, 15) is 0 Å². The van der Waals surface area contributed by atoms with Crippen LogP contribution in [0, 0.1) is 29.6 Å². The summed E-state index contributed by atoms with van der Waals surface area (Å²) in [5.74, 6) is 1.61. The van der Waals surface area contributed by atoms with Crippen LogP contribution in [0.5, 0.6) is 11.5 Å². The Morgan fingerprint density at radius 1 is 0.895 bits per heavy atom. The van der Waals surface area contributed by atoms with Crippen LogP contribution in [-0.2, 0) is 13.1 Å². The first-order chi connectivity index (χ1) is 18.6. The topological polar surface area (TPSA) is 88.8 Å². The average Bonchev–Trinajstić information content (AvgIpc) is 3.63. The molecule has 5 rings (SSSR count). The molecule has 0 saturated heterocycles. The van der Waals surface area contributed by atoms with Gasteiger partial charge in [-0.3, -0.25) is 0 Å². The minimum Gasteiger partial charge on any atom is -0.497 e. The van der Waals surface area contributed by atoms with Crippen LogP contribution in [0.4, 0.5) is 0 Å². The second-order valence-electron chi connectivity index (χ2n) is 9.18. The summed E-state index contributed by atoms with van der Waals surface area (Å²) in [7, 11) is 3.35. The highest BCUT2D eigenvalue weighted by atomic mass is 32.1. The lowest BCUT2D eigenvalue weighted by molar-refractivity contribution is 0.415. The first kappa shape index (κ1) is 25.4. The zero-order chi connectivity index (χ0) is 26.6. The number of unbranched alkanes of at least 4 members (excludes halogenated alkanes) is 2. The molecule has 7 nitrogen and oxygen atoms in total. The van der Waals surface area contributed by atoms with E-state index in [1.807, 2.05) is 18.2 Å². The van der Waals surface area contributed by atoms with Crippen LogP contribution in [0.25, 0.3) is 43.6 Å². The standard InChI is InChI=1S/C30H29N5O2S/c1-20-29(24-16-21(36-2)9-11-27(24)35(20)15-7-5-13-32)26-19-38-30(33-26)25-18-34(14-6-4-12-31)28-17-22(37-3)8-10-23(25)28/h8-11,16-19H,4-7,14-15H2,1-3H3. The van der Waals surface area contributed by atoms with E-state index >= 15 is 0 Å². The Morgan fingerprint density at radius 2 is 1.61 bits per heavy atom. The van der Waals surface area contributed by atoms with Crippen molar-refractivity contribution in [3.8, 4) is 45.5 Å². The zero-order valence-electron chi connectivity index (χ0n) is 21.8. The fourth-order valence-electron chi connectivity index (χ4n) is 5.11. The van der Waals surface area contributed by atoms with Crippen LogP contribution in [0.2, 0.25) is 0 Å². The Labute approximate surface area is 226 Å². The van der Waals surface area contributed by atoms with Gasteiger partial charge in [-0.1, -0.05) is 0 Å². The Balaban J connectivity index is 1.61. The number of methoxy groups -OCH3 is 2. The van der Waals surface area contributed by atoms with Crippen molar-refractivity contribution in [1.82, 2.24) is 14.1 Å². The van der Waals surface area contributed by atoms with E-state index < -0.39 is 0 Å². The van der Waals surface area contributed by atoms with Crippen molar-refractivity contribution in [3.63, 3.8) is 0 Å². The third kappa shape index (κ3) is 4.60. The van der Waals surface area contributed by atoms with E-state index in [0.717, 1.165) is 86.8 Å². The Bertz CT molecular complexity index is 1700. The monoisotopic (exact) mass is 523 g/mol. The van der Waals surface area contributed by atoms with Crippen molar-refractivity contribution in [2.24, 2.45) is 0 Å². The first-order valence-corrected chi connectivity index (χ1v) is 13.5. The van der Waals surface area contributed by atoms with Crippen molar-refractivity contribution in [2.75, 3.05) is 14.2 Å². The van der Waals surface area contributed by atoms with Gasteiger partial charge in [0.05, 0.1) is 37.6 Å². The molecule has 0 aliphatic heterocycles. The maximum Gasteiger partial charge on any atom is 0.126 e. The highest BCUT2D eigenvalue weighted by molar-refractivity contribution is 7.13. The third-order valence-corrected chi connectivity index (χ3v) is 7.84. The molecule has 0 atom stereocenters. The highest BCUT2D eigenvalue weighted by Gasteiger charge is 2.20. The molecule has 192 valence electrons. The number of hydrogen-bond acceptors (Lipinski definition) is 6. The van der Waals surface area contributed by atoms with E-state index in [1.165, 1.54) is 0 Å². The van der Waals surface area contributed by atoms with E-state index in [0.29, 0.717) is 12.8 Å². The fourth-order valence-corrected chi connectivity index (χ4v) is 5.95. The largest absolute Gasteiger partial charge is 0.497 e. The number of ether oxygens (including phenoxy) is 2. The second kappa shape index (κ2) is 11.0. The molecular formula is C30H29N5O2S. The molecule has 0 spiro atoms. The molecule has 3 aromatic heterocycles. The molecule has 5 aromatic rings. The van der Waals surface area contributed by atoms with Crippen LogP contribution in [0.3, 0.4) is 0 Å². The van der Waals surface area contributed by atoms with Gasteiger partial charge in [0.2, 0.25) is 0 Å². The molecule has 3 heterocycles. The third-order valence-electron chi connectivity index (χ3n) is 6.97. The van der Waals surface area contributed by atoms with Crippen LogP contribution >= 0.6 is 11.3 Å².